The predicted molar refractivity (Wildman–Crippen MR) is 85.1 cm³/mol. The lowest BCUT2D eigenvalue weighted by Gasteiger charge is -2.13. The molecule has 0 aliphatic rings. The summed E-state index contributed by atoms with van der Waals surface area (Å²) in [6, 6.07) is 9.97. The Morgan fingerprint density at radius 3 is 2.43 bits per heavy atom. The topological polar surface area (TPSA) is 43.4 Å². The van der Waals surface area contributed by atoms with E-state index < -0.39 is 0 Å². The Balaban J connectivity index is 2.05. The summed E-state index contributed by atoms with van der Waals surface area (Å²) in [5.41, 5.74) is 3.16. The van der Waals surface area contributed by atoms with Gasteiger partial charge >= 0.3 is 0 Å². The Labute approximate surface area is 126 Å². The third-order valence-corrected chi connectivity index (χ3v) is 2.99. The summed E-state index contributed by atoms with van der Waals surface area (Å²) in [5.74, 6) is 1.54. The highest BCUT2D eigenvalue weighted by Crippen LogP contribution is 2.30. The monoisotopic (exact) mass is 286 g/mol. The Kier molecular flexibility index (Phi) is 5.43. The number of nitrogens with one attached hydrogen (secondary N) is 1. The van der Waals surface area contributed by atoms with Crippen molar-refractivity contribution in [3.63, 3.8) is 0 Å². The first kappa shape index (κ1) is 15.2. The van der Waals surface area contributed by atoms with Crippen molar-refractivity contribution in [2.24, 2.45) is 0 Å². The fourth-order valence-electron chi connectivity index (χ4n) is 1.96. The Hall–Kier alpha value is -2.23. The van der Waals surface area contributed by atoms with Crippen molar-refractivity contribution in [2.45, 2.75) is 27.3 Å². The summed E-state index contributed by atoms with van der Waals surface area (Å²) in [5, 5.41) is 3.35. The van der Waals surface area contributed by atoms with E-state index in [9.17, 15) is 0 Å². The van der Waals surface area contributed by atoms with Crippen molar-refractivity contribution in [1.82, 2.24) is 4.98 Å². The highest BCUT2D eigenvalue weighted by Gasteiger charge is 2.06. The number of aryl methyl sites for hydroxylation is 1. The SMILES string of the molecule is CCOc1ccc(NCc2ccc(C)cn2)cc1OCC. The molecule has 112 valence electrons. The average molecular weight is 286 g/mol. The summed E-state index contributed by atoms with van der Waals surface area (Å²) in [6.07, 6.45) is 1.88. The van der Waals surface area contributed by atoms with Gasteiger partial charge in [-0.2, -0.15) is 0 Å². The molecule has 21 heavy (non-hydrogen) atoms. The van der Waals surface area contributed by atoms with Crippen molar-refractivity contribution in [1.29, 1.82) is 0 Å². The van der Waals surface area contributed by atoms with Gasteiger partial charge in [-0.05, 0) is 44.5 Å². The van der Waals surface area contributed by atoms with E-state index in [2.05, 4.69) is 16.4 Å². The molecule has 2 rings (SSSR count). The molecule has 1 aromatic heterocycles. The molecular formula is C17H22N2O2. The Morgan fingerprint density at radius 2 is 1.76 bits per heavy atom. The third kappa shape index (κ3) is 4.38. The molecule has 0 saturated heterocycles. The number of benzene rings is 1. The van der Waals surface area contributed by atoms with Crippen LogP contribution in [0.15, 0.2) is 36.5 Å². The molecule has 1 N–H and O–H groups in total. The quantitative estimate of drug-likeness (QED) is 0.840. The van der Waals surface area contributed by atoms with Gasteiger partial charge in [-0.1, -0.05) is 6.07 Å². The van der Waals surface area contributed by atoms with Crippen LogP contribution in [-0.4, -0.2) is 18.2 Å². The molecule has 0 bridgehead atoms. The normalized spacial score (nSPS) is 10.2. The number of ether oxygens (including phenoxy) is 2. The second-order valence-electron chi connectivity index (χ2n) is 4.71. The van der Waals surface area contributed by atoms with Gasteiger partial charge in [-0.3, -0.25) is 4.98 Å². The fraction of sp³-hybridized carbons (Fsp3) is 0.353. The summed E-state index contributed by atoms with van der Waals surface area (Å²) >= 11 is 0. The van der Waals surface area contributed by atoms with Crippen molar-refractivity contribution >= 4 is 5.69 Å². The highest BCUT2D eigenvalue weighted by atomic mass is 16.5. The number of pyridine rings is 1. The van der Waals surface area contributed by atoms with Crippen LogP contribution in [0, 0.1) is 6.92 Å². The largest absolute Gasteiger partial charge is 0.490 e. The van der Waals surface area contributed by atoms with E-state index in [1.165, 1.54) is 5.56 Å². The van der Waals surface area contributed by atoms with E-state index >= 15 is 0 Å². The van der Waals surface area contributed by atoms with Gasteiger partial charge < -0.3 is 14.8 Å². The second kappa shape index (κ2) is 7.53. The number of hydrogen-bond donors (Lipinski definition) is 1. The van der Waals surface area contributed by atoms with Crippen LogP contribution in [0.4, 0.5) is 5.69 Å². The lowest BCUT2D eigenvalue weighted by molar-refractivity contribution is 0.288. The first-order valence-corrected chi connectivity index (χ1v) is 7.28. The molecule has 4 nitrogen and oxygen atoms in total. The molecule has 0 atom stereocenters. The molecule has 2 aromatic rings. The number of aromatic nitrogens is 1. The first-order valence-electron chi connectivity index (χ1n) is 7.28. The van der Waals surface area contributed by atoms with Crippen LogP contribution >= 0.6 is 0 Å². The molecule has 0 unspecified atom stereocenters. The molecule has 1 aromatic carbocycles. The van der Waals surface area contributed by atoms with Gasteiger partial charge in [0.25, 0.3) is 0 Å². The van der Waals surface area contributed by atoms with E-state index in [-0.39, 0.29) is 0 Å². The van der Waals surface area contributed by atoms with Gasteiger partial charge in [0.2, 0.25) is 0 Å². The lowest BCUT2D eigenvalue weighted by atomic mass is 10.2. The minimum Gasteiger partial charge on any atom is -0.490 e. The van der Waals surface area contributed by atoms with Crippen LogP contribution in [0.3, 0.4) is 0 Å². The van der Waals surface area contributed by atoms with Crippen LogP contribution in [0.2, 0.25) is 0 Å². The average Bonchev–Trinajstić information content (AvgIpc) is 2.49. The van der Waals surface area contributed by atoms with Crippen LogP contribution in [-0.2, 0) is 6.54 Å². The highest BCUT2D eigenvalue weighted by molar-refractivity contribution is 5.54. The van der Waals surface area contributed by atoms with Gasteiger partial charge in [-0.25, -0.2) is 0 Å². The molecule has 0 spiro atoms. The maximum atomic E-state index is 5.62. The summed E-state index contributed by atoms with van der Waals surface area (Å²) in [6.45, 7) is 7.88. The first-order chi connectivity index (χ1) is 10.2. The van der Waals surface area contributed by atoms with E-state index in [1.54, 1.807) is 0 Å². The Morgan fingerprint density at radius 1 is 1.00 bits per heavy atom. The summed E-state index contributed by atoms with van der Waals surface area (Å²) < 4.78 is 11.2. The zero-order chi connectivity index (χ0) is 15.1. The van der Waals surface area contributed by atoms with Gasteiger partial charge in [0.15, 0.2) is 11.5 Å². The van der Waals surface area contributed by atoms with Crippen molar-refractivity contribution in [3.05, 3.63) is 47.8 Å². The van der Waals surface area contributed by atoms with Gasteiger partial charge in [0, 0.05) is 18.0 Å². The third-order valence-electron chi connectivity index (χ3n) is 2.99. The van der Waals surface area contributed by atoms with Gasteiger partial charge in [0.1, 0.15) is 0 Å². The van der Waals surface area contributed by atoms with Crippen molar-refractivity contribution in [3.8, 4) is 11.5 Å². The lowest BCUT2D eigenvalue weighted by Crippen LogP contribution is -2.03. The maximum Gasteiger partial charge on any atom is 0.163 e. The van der Waals surface area contributed by atoms with Crippen LogP contribution in [0.25, 0.3) is 0 Å². The zero-order valence-electron chi connectivity index (χ0n) is 12.8. The van der Waals surface area contributed by atoms with Crippen LogP contribution < -0.4 is 14.8 Å². The zero-order valence-corrected chi connectivity index (χ0v) is 12.8. The van der Waals surface area contributed by atoms with E-state index in [0.29, 0.717) is 19.8 Å². The summed E-state index contributed by atoms with van der Waals surface area (Å²) in [7, 11) is 0. The standard InChI is InChI=1S/C17H22N2O2/c1-4-20-16-9-8-14(10-17(16)21-5-2)19-12-15-7-6-13(3)11-18-15/h6-11,19H,4-5,12H2,1-3H3. The number of nitrogens with zero attached hydrogens (tertiary/aromatic N) is 1. The predicted octanol–water partition coefficient (Wildman–Crippen LogP) is 3.80. The van der Waals surface area contributed by atoms with Crippen LogP contribution in [0.1, 0.15) is 25.1 Å². The summed E-state index contributed by atoms with van der Waals surface area (Å²) in [4.78, 5) is 4.38. The molecular weight excluding hydrogens is 264 g/mol. The minimum atomic E-state index is 0.614. The number of anilines is 1. The second-order valence-corrected chi connectivity index (χ2v) is 4.71. The van der Waals surface area contributed by atoms with E-state index in [1.807, 2.05) is 51.2 Å². The Bertz CT molecular complexity index is 568. The smallest absolute Gasteiger partial charge is 0.163 e. The van der Waals surface area contributed by atoms with E-state index in [0.717, 1.165) is 22.9 Å². The molecule has 4 heteroatoms. The molecule has 0 saturated carbocycles. The van der Waals surface area contributed by atoms with Gasteiger partial charge in [0.05, 0.1) is 25.5 Å². The van der Waals surface area contributed by atoms with Crippen LogP contribution in [0.5, 0.6) is 11.5 Å². The van der Waals surface area contributed by atoms with Crippen molar-refractivity contribution in [2.75, 3.05) is 18.5 Å². The maximum absolute atomic E-state index is 5.62. The minimum absolute atomic E-state index is 0.614. The fourth-order valence-corrected chi connectivity index (χ4v) is 1.96. The molecule has 0 amide bonds. The molecule has 0 aliphatic heterocycles. The van der Waals surface area contributed by atoms with E-state index in [4.69, 9.17) is 9.47 Å². The molecule has 1 heterocycles. The number of rotatable bonds is 7. The van der Waals surface area contributed by atoms with Crippen molar-refractivity contribution < 1.29 is 9.47 Å². The number of hydrogen-bond acceptors (Lipinski definition) is 4. The van der Waals surface area contributed by atoms with Gasteiger partial charge in [-0.15, -0.1) is 0 Å². The molecule has 0 radical (unpaired) electrons. The molecule has 0 fully saturated rings. The molecule has 0 aliphatic carbocycles.